The van der Waals surface area contributed by atoms with Crippen molar-refractivity contribution in [1.82, 2.24) is 19.5 Å². The van der Waals surface area contributed by atoms with E-state index in [-0.39, 0.29) is 12.0 Å². The van der Waals surface area contributed by atoms with Crippen LogP contribution in [0.3, 0.4) is 0 Å². The summed E-state index contributed by atoms with van der Waals surface area (Å²) in [6.45, 7) is 0. The maximum atomic E-state index is 7.17. The van der Waals surface area contributed by atoms with Gasteiger partial charge >= 0.3 is 0 Å². The van der Waals surface area contributed by atoms with Gasteiger partial charge in [-0.1, -0.05) is 146 Å². The lowest BCUT2D eigenvalue weighted by molar-refractivity contribution is 0.161. The molecule has 2 aromatic heterocycles. The molecule has 0 N–H and O–H groups in total. The molecule has 0 radical (unpaired) electrons. The van der Waals surface area contributed by atoms with E-state index >= 15 is 0 Å². The summed E-state index contributed by atoms with van der Waals surface area (Å²) in [5, 5.41) is 2.97. The van der Waals surface area contributed by atoms with Crippen LogP contribution in [0.15, 0.2) is 180 Å². The molecular formula is C51H38N4OS. The molecule has 4 heterocycles. The topological polar surface area (TPSA) is 52.8 Å². The molecule has 6 heteroatoms. The minimum atomic E-state index is -0.186. The lowest BCUT2D eigenvalue weighted by atomic mass is 9.82. The zero-order valence-electron chi connectivity index (χ0n) is 31.2. The van der Waals surface area contributed by atoms with Gasteiger partial charge in [-0.25, -0.2) is 15.0 Å². The molecule has 5 atom stereocenters. The number of ether oxygens (including phenoxy) is 1. The number of aromatic nitrogens is 4. The Labute approximate surface area is 335 Å². The minimum absolute atomic E-state index is 0.00971. The molecule has 4 aliphatic carbocycles. The summed E-state index contributed by atoms with van der Waals surface area (Å²) in [7, 11) is 0. The van der Waals surface area contributed by atoms with Gasteiger partial charge in [0.15, 0.2) is 17.5 Å². The molecule has 2 aliphatic heterocycles. The van der Waals surface area contributed by atoms with Crippen LogP contribution in [0.1, 0.15) is 48.0 Å². The summed E-state index contributed by atoms with van der Waals surface area (Å²) in [5.41, 5.74) is 10.5. The first-order valence-electron chi connectivity index (χ1n) is 20.1. The van der Waals surface area contributed by atoms with Gasteiger partial charge in [-0.15, -0.1) is 11.8 Å². The van der Waals surface area contributed by atoms with Gasteiger partial charge in [-0.3, -0.25) is 0 Å². The molecule has 4 aromatic carbocycles. The molecule has 12 rings (SSSR count). The largest absolute Gasteiger partial charge is 0.487 e. The Morgan fingerprint density at radius 2 is 1.49 bits per heavy atom. The Bertz CT molecular complexity index is 2920. The monoisotopic (exact) mass is 754 g/mol. The van der Waals surface area contributed by atoms with Crippen LogP contribution >= 0.6 is 11.8 Å². The highest BCUT2D eigenvalue weighted by Crippen LogP contribution is 2.54. The Morgan fingerprint density at radius 3 is 2.40 bits per heavy atom. The van der Waals surface area contributed by atoms with Crippen LogP contribution in [-0.2, 0) is 4.74 Å². The van der Waals surface area contributed by atoms with Crippen molar-refractivity contribution in [3.63, 3.8) is 0 Å². The first-order valence-corrected chi connectivity index (χ1v) is 21.0. The van der Waals surface area contributed by atoms with E-state index in [0.717, 1.165) is 41.7 Å². The van der Waals surface area contributed by atoms with Crippen LogP contribution in [0.25, 0.3) is 55.9 Å². The first-order chi connectivity index (χ1) is 28.3. The normalized spacial score (nSPS) is 24.0. The number of hydrogen-bond donors (Lipinski definition) is 0. The highest BCUT2D eigenvalue weighted by Gasteiger charge is 2.44. The van der Waals surface area contributed by atoms with E-state index in [9.17, 15) is 0 Å². The number of hydrogen-bond acceptors (Lipinski definition) is 5. The molecule has 57 heavy (non-hydrogen) atoms. The zero-order chi connectivity index (χ0) is 37.5. The smallest absolute Gasteiger partial charge is 0.164 e. The van der Waals surface area contributed by atoms with Crippen molar-refractivity contribution in [1.29, 1.82) is 0 Å². The fraction of sp³-hybridized carbons (Fsp3) is 0.157. The van der Waals surface area contributed by atoms with Gasteiger partial charge in [0.05, 0.1) is 16.7 Å². The molecule has 6 aromatic rings. The maximum Gasteiger partial charge on any atom is 0.164 e. The number of nitrogens with zero attached hydrogens (tertiary/aromatic N) is 4. The van der Waals surface area contributed by atoms with E-state index in [0.29, 0.717) is 34.6 Å². The van der Waals surface area contributed by atoms with E-state index in [1.807, 2.05) is 30.0 Å². The lowest BCUT2D eigenvalue weighted by Crippen LogP contribution is -2.25. The van der Waals surface area contributed by atoms with Crippen molar-refractivity contribution in [3.8, 4) is 22.8 Å². The van der Waals surface area contributed by atoms with Crippen molar-refractivity contribution >= 4 is 44.8 Å². The van der Waals surface area contributed by atoms with Crippen LogP contribution in [0.4, 0.5) is 0 Å². The van der Waals surface area contributed by atoms with Gasteiger partial charge in [-0.2, -0.15) is 0 Å². The van der Waals surface area contributed by atoms with Crippen LogP contribution in [0.2, 0.25) is 0 Å². The quantitative estimate of drug-likeness (QED) is 0.175. The summed E-state index contributed by atoms with van der Waals surface area (Å²) in [5.74, 6) is 3.82. The Kier molecular flexibility index (Phi) is 7.62. The third kappa shape index (κ3) is 5.27. The molecule has 0 bridgehead atoms. The number of para-hydroxylation sites is 1. The summed E-state index contributed by atoms with van der Waals surface area (Å²) < 4.78 is 9.69. The molecular weight excluding hydrogens is 717 g/mol. The van der Waals surface area contributed by atoms with Crippen LogP contribution in [0.5, 0.6) is 0 Å². The molecule has 0 saturated heterocycles. The van der Waals surface area contributed by atoms with E-state index in [1.54, 1.807) is 0 Å². The molecule has 274 valence electrons. The third-order valence-corrected chi connectivity index (χ3v) is 13.7. The van der Waals surface area contributed by atoms with Gasteiger partial charge in [-0.05, 0) is 42.2 Å². The SMILES string of the molecule is C1=CCC(c2cccc(-c3nc(C4=CCCC5=C4C4C=CC=C(n6c7ccccc7c7ccc8c(c76)SC6C=CC=CC86)C4O5)nc(-c4ccccc4)n3)c2)C=C1. The van der Waals surface area contributed by atoms with E-state index in [1.165, 1.54) is 49.1 Å². The van der Waals surface area contributed by atoms with Gasteiger partial charge in [0.2, 0.25) is 0 Å². The van der Waals surface area contributed by atoms with Crippen molar-refractivity contribution in [3.05, 3.63) is 192 Å². The summed E-state index contributed by atoms with van der Waals surface area (Å²) in [6.07, 6.45) is 29.6. The number of fused-ring (bicyclic) bond motifs is 9. The van der Waals surface area contributed by atoms with Crippen molar-refractivity contribution in [2.75, 3.05) is 0 Å². The summed E-state index contributed by atoms with van der Waals surface area (Å²) in [6, 6.07) is 32.6. The minimum Gasteiger partial charge on any atom is -0.487 e. The Hall–Kier alpha value is -6.24. The van der Waals surface area contributed by atoms with Crippen molar-refractivity contribution in [2.24, 2.45) is 5.92 Å². The Morgan fingerprint density at radius 1 is 0.684 bits per heavy atom. The van der Waals surface area contributed by atoms with Gasteiger partial charge in [0, 0.05) is 67.4 Å². The first kappa shape index (κ1) is 33.0. The second-order valence-electron chi connectivity index (χ2n) is 15.6. The summed E-state index contributed by atoms with van der Waals surface area (Å²) >= 11 is 2.00. The fourth-order valence-corrected chi connectivity index (χ4v) is 11.2. The van der Waals surface area contributed by atoms with Crippen LogP contribution < -0.4 is 0 Å². The highest BCUT2D eigenvalue weighted by atomic mass is 32.2. The van der Waals surface area contributed by atoms with E-state index in [2.05, 4.69) is 150 Å². The molecule has 0 fully saturated rings. The average molecular weight is 755 g/mol. The number of allylic oxidation sites excluding steroid dienone is 12. The van der Waals surface area contributed by atoms with Crippen molar-refractivity contribution in [2.45, 2.75) is 47.3 Å². The molecule has 0 amide bonds. The van der Waals surface area contributed by atoms with Crippen LogP contribution in [0, 0.1) is 5.92 Å². The van der Waals surface area contributed by atoms with E-state index < -0.39 is 0 Å². The molecule has 0 saturated carbocycles. The van der Waals surface area contributed by atoms with Gasteiger partial charge in [0.25, 0.3) is 0 Å². The number of benzene rings is 4. The number of thioether (sulfide) groups is 1. The van der Waals surface area contributed by atoms with Crippen LogP contribution in [-0.4, -0.2) is 30.9 Å². The second-order valence-corrected chi connectivity index (χ2v) is 16.8. The van der Waals surface area contributed by atoms with Gasteiger partial charge < -0.3 is 9.30 Å². The Balaban J connectivity index is 0.966. The lowest BCUT2D eigenvalue weighted by Gasteiger charge is -2.27. The average Bonchev–Trinajstić information content (AvgIpc) is 3.97. The molecule has 5 unspecified atom stereocenters. The predicted octanol–water partition coefficient (Wildman–Crippen LogP) is 12.2. The van der Waals surface area contributed by atoms with Gasteiger partial charge in [0.1, 0.15) is 11.9 Å². The van der Waals surface area contributed by atoms with E-state index in [4.69, 9.17) is 19.7 Å². The molecule has 6 aliphatic rings. The zero-order valence-corrected chi connectivity index (χ0v) is 32.0. The fourth-order valence-electron chi connectivity index (χ4n) is 9.72. The van der Waals surface area contributed by atoms with Crippen molar-refractivity contribution < 1.29 is 4.74 Å². The predicted molar refractivity (Wildman–Crippen MR) is 232 cm³/mol. The standard InChI is InChI=1S/C51H38N4OS/c1-3-14-31(15-4-1)33-18-11-19-34(30-33)50-52-49(32-16-5-2-6-17-32)53-51(54-50)40-23-13-26-43-45(40)39-22-12-25-42(47(39)56-43)55-41-24-9-7-20-35(41)37-28-29-38-36-21-8-10-27-44(36)57-48(38)46(37)55/h1-12,14,16-25,27-31,36,39,44,47H,13,15,26H2. The third-order valence-electron chi connectivity index (χ3n) is 12.4. The molecule has 0 spiro atoms. The highest BCUT2D eigenvalue weighted by molar-refractivity contribution is 8.00. The number of rotatable bonds is 5. The maximum absolute atomic E-state index is 7.17. The second kappa shape index (κ2) is 13.2. The summed E-state index contributed by atoms with van der Waals surface area (Å²) in [4.78, 5) is 17.0. The molecule has 5 nitrogen and oxygen atoms in total.